The maximum Gasteiger partial charge on any atom is 0.407 e. The number of fused-ring (bicyclic) bond motifs is 3. The maximum atomic E-state index is 12.9. The van der Waals surface area contributed by atoms with Crippen molar-refractivity contribution in [1.29, 1.82) is 0 Å². The van der Waals surface area contributed by atoms with Crippen LogP contribution in [0, 0.1) is 6.92 Å². The fourth-order valence-electron chi connectivity index (χ4n) is 4.62. The van der Waals surface area contributed by atoms with Crippen molar-refractivity contribution in [2.75, 3.05) is 11.9 Å². The van der Waals surface area contributed by atoms with Gasteiger partial charge in [0.2, 0.25) is 5.91 Å². The normalized spacial score (nSPS) is 12.9. The number of hydrogen-bond donors (Lipinski definition) is 3. The number of ether oxygens (including phenoxy) is 1. The first kappa shape index (κ1) is 24.0. The number of anilines is 1. The molecule has 4 rings (SSSR count). The van der Waals surface area contributed by atoms with Gasteiger partial charge in [-0.3, -0.25) is 4.79 Å². The smallest absolute Gasteiger partial charge is 0.407 e. The number of rotatable bonds is 8. The van der Waals surface area contributed by atoms with E-state index in [1.54, 1.807) is 19.1 Å². The number of alkyl carbamates (subject to hydrolysis) is 1. The zero-order valence-corrected chi connectivity index (χ0v) is 19.7. The Labute approximate surface area is 204 Å². The molecule has 7 nitrogen and oxygen atoms in total. The van der Waals surface area contributed by atoms with E-state index < -0.39 is 24.0 Å². The van der Waals surface area contributed by atoms with Crippen LogP contribution in [0.3, 0.4) is 0 Å². The minimum absolute atomic E-state index is 0.0252. The summed E-state index contributed by atoms with van der Waals surface area (Å²) in [5.41, 5.74) is 5.22. The van der Waals surface area contributed by atoms with E-state index in [-0.39, 0.29) is 23.8 Å². The van der Waals surface area contributed by atoms with E-state index in [9.17, 15) is 19.5 Å². The molecule has 0 bridgehead atoms. The summed E-state index contributed by atoms with van der Waals surface area (Å²) in [6.07, 6.45) is 0.328. The number of carbonyl (C=O) groups excluding carboxylic acids is 2. The number of benzene rings is 3. The highest BCUT2D eigenvalue weighted by Gasteiger charge is 2.30. The molecule has 180 valence electrons. The molecular weight excluding hydrogens is 444 g/mol. The fraction of sp³-hybridized carbons (Fsp3) is 0.250. The fourth-order valence-corrected chi connectivity index (χ4v) is 4.62. The van der Waals surface area contributed by atoms with Gasteiger partial charge in [0.25, 0.3) is 0 Å². The second-order valence-electron chi connectivity index (χ2n) is 8.60. The molecule has 7 heteroatoms. The zero-order chi connectivity index (χ0) is 24.9. The van der Waals surface area contributed by atoms with Crippen LogP contribution in [0.5, 0.6) is 0 Å². The lowest BCUT2D eigenvalue weighted by molar-refractivity contribution is -0.118. The van der Waals surface area contributed by atoms with E-state index in [0.717, 1.165) is 22.3 Å². The van der Waals surface area contributed by atoms with Crippen LogP contribution in [-0.4, -0.2) is 35.7 Å². The summed E-state index contributed by atoms with van der Waals surface area (Å²) in [5, 5.41) is 14.8. The second kappa shape index (κ2) is 10.4. The van der Waals surface area contributed by atoms with Crippen molar-refractivity contribution in [3.63, 3.8) is 0 Å². The molecule has 0 unspecified atom stereocenters. The number of carboxylic acids is 1. The number of carboxylic acid groups (broad SMARTS) is 1. The number of aryl methyl sites for hydroxylation is 1. The monoisotopic (exact) mass is 472 g/mol. The first-order valence-corrected chi connectivity index (χ1v) is 11.7. The van der Waals surface area contributed by atoms with Gasteiger partial charge in [-0.1, -0.05) is 74.0 Å². The molecule has 3 aromatic carbocycles. The number of hydrogen-bond acceptors (Lipinski definition) is 4. The topological polar surface area (TPSA) is 105 Å². The Hall–Kier alpha value is -4.13. The summed E-state index contributed by atoms with van der Waals surface area (Å²) in [4.78, 5) is 37.3. The Morgan fingerprint density at radius 2 is 1.57 bits per heavy atom. The Bertz CT molecular complexity index is 1220. The lowest BCUT2D eigenvalue weighted by Crippen LogP contribution is -2.44. The predicted molar refractivity (Wildman–Crippen MR) is 134 cm³/mol. The van der Waals surface area contributed by atoms with Gasteiger partial charge in [0, 0.05) is 5.92 Å². The summed E-state index contributed by atoms with van der Waals surface area (Å²) in [6.45, 7) is 3.70. The van der Waals surface area contributed by atoms with Crippen molar-refractivity contribution in [3.05, 3.63) is 89.0 Å². The molecule has 0 saturated carbocycles. The van der Waals surface area contributed by atoms with Gasteiger partial charge >= 0.3 is 12.1 Å². The van der Waals surface area contributed by atoms with Gasteiger partial charge in [-0.05, 0) is 47.2 Å². The lowest BCUT2D eigenvalue weighted by Gasteiger charge is -2.20. The predicted octanol–water partition coefficient (Wildman–Crippen LogP) is 5.34. The van der Waals surface area contributed by atoms with E-state index in [4.69, 9.17) is 4.74 Å². The summed E-state index contributed by atoms with van der Waals surface area (Å²) < 4.78 is 5.57. The maximum absolute atomic E-state index is 12.9. The molecule has 3 N–H and O–H groups in total. The van der Waals surface area contributed by atoms with E-state index in [2.05, 4.69) is 22.8 Å². The molecule has 1 atom stereocenters. The van der Waals surface area contributed by atoms with Gasteiger partial charge in [-0.2, -0.15) is 0 Å². The summed E-state index contributed by atoms with van der Waals surface area (Å²) in [5.74, 6) is -1.71. The van der Waals surface area contributed by atoms with E-state index in [0.29, 0.717) is 18.4 Å². The van der Waals surface area contributed by atoms with Crippen LogP contribution in [0.25, 0.3) is 11.1 Å². The van der Waals surface area contributed by atoms with Gasteiger partial charge in [0.1, 0.15) is 12.6 Å². The van der Waals surface area contributed by atoms with E-state index >= 15 is 0 Å². The Morgan fingerprint density at radius 1 is 0.943 bits per heavy atom. The molecule has 0 saturated heterocycles. The molecular formula is C28H28N2O5. The first-order valence-electron chi connectivity index (χ1n) is 11.7. The van der Waals surface area contributed by atoms with Gasteiger partial charge in [-0.25, -0.2) is 9.59 Å². The molecule has 0 aromatic heterocycles. The highest BCUT2D eigenvalue weighted by Crippen LogP contribution is 2.44. The largest absolute Gasteiger partial charge is 0.478 e. The first-order chi connectivity index (χ1) is 16.9. The third-order valence-electron chi connectivity index (χ3n) is 6.27. The van der Waals surface area contributed by atoms with Crippen molar-refractivity contribution in [3.8, 4) is 11.1 Å². The third kappa shape index (κ3) is 5.04. The van der Waals surface area contributed by atoms with Crippen LogP contribution in [0.4, 0.5) is 10.5 Å². The molecule has 3 aromatic rings. The highest BCUT2D eigenvalue weighted by atomic mass is 16.5. The van der Waals surface area contributed by atoms with Crippen molar-refractivity contribution in [1.82, 2.24) is 5.32 Å². The van der Waals surface area contributed by atoms with Crippen LogP contribution in [-0.2, 0) is 9.53 Å². The van der Waals surface area contributed by atoms with Gasteiger partial charge in [0.15, 0.2) is 0 Å². The van der Waals surface area contributed by atoms with Crippen LogP contribution in [0.15, 0.2) is 66.7 Å². The SMILES string of the molecule is CCC[C@@H](NC(=O)OCC1c2ccccc2-c2ccccc21)C(=O)Nc1cccc(C)c1C(=O)O. The van der Waals surface area contributed by atoms with Crippen LogP contribution in [0.1, 0.15) is 52.7 Å². The van der Waals surface area contributed by atoms with Crippen molar-refractivity contribution >= 4 is 23.7 Å². The Balaban J connectivity index is 1.43. The Kier molecular flexibility index (Phi) is 7.15. The van der Waals surface area contributed by atoms with Gasteiger partial charge < -0.3 is 20.5 Å². The van der Waals surface area contributed by atoms with Crippen molar-refractivity contribution < 1.29 is 24.2 Å². The van der Waals surface area contributed by atoms with E-state index in [1.165, 1.54) is 6.07 Å². The van der Waals surface area contributed by atoms with Crippen molar-refractivity contribution in [2.45, 2.75) is 38.6 Å². The van der Waals surface area contributed by atoms with E-state index in [1.807, 2.05) is 43.3 Å². The number of nitrogens with one attached hydrogen (secondary N) is 2. The summed E-state index contributed by atoms with van der Waals surface area (Å²) in [7, 11) is 0. The van der Waals surface area contributed by atoms with Crippen LogP contribution < -0.4 is 10.6 Å². The zero-order valence-electron chi connectivity index (χ0n) is 19.7. The summed E-state index contributed by atoms with van der Waals surface area (Å²) in [6, 6.07) is 20.1. The number of carbonyl (C=O) groups is 3. The molecule has 0 fully saturated rings. The molecule has 0 heterocycles. The molecule has 1 aliphatic rings. The molecule has 0 radical (unpaired) electrons. The molecule has 35 heavy (non-hydrogen) atoms. The molecule has 2 amide bonds. The van der Waals surface area contributed by atoms with Crippen LogP contribution in [0.2, 0.25) is 0 Å². The van der Waals surface area contributed by atoms with Gasteiger partial charge in [-0.15, -0.1) is 0 Å². The summed E-state index contributed by atoms with van der Waals surface area (Å²) >= 11 is 0. The molecule has 0 spiro atoms. The number of amides is 2. The lowest BCUT2D eigenvalue weighted by atomic mass is 9.98. The standard InChI is InChI=1S/C28H28N2O5/c1-3-9-24(26(31)29-23-15-8-10-17(2)25(23)27(32)33)30-28(34)35-16-22-20-13-6-4-11-18(20)19-12-5-7-14-21(19)22/h4-8,10-15,22,24H,3,9,16H2,1-2H3,(H,29,31)(H,30,34)(H,32,33)/t24-/m1/s1. The second-order valence-corrected chi connectivity index (χ2v) is 8.60. The highest BCUT2D eigenvalue weighted by molar-refractivity contribution is 6.03. The molecule has 0 aliphatic heterocycles. The average Bonchev–Trinajstić information content (AvgIpc) is 3.16. The quantitative estimate of drug-likeness (QED) is 0.411. The van der Waals surface area contributed by atoms with Gasteiger partial charge in [0.05, 0.1) is 11.3 Å². The third-order valence-corrected chi connectivity index (χ3v) is 6.27. The molecule has 1 aliphatic carbocycles. The minimum Gasteiger partial charge on any atom is -0.478 e. The number of aromatic carboxylic acids is 1. The van der Waals surface area contributed by atoms with Crippen molar-refractivity contribution in [2.24, 2.45) is 0 Å². The average molecular weight is 473 g/mol. The van der Waals surface area contributed by atoms with Crippen LogP contribution >= 0.6 is 0 Å². The minimum atomic E-state index is -1.13. The Morgan fingerprint density at radius 3 is 2.17 bits per heavy atom.